The van der Waals surface area contributed by atoms with Crippen molar-refractivity contribution in [1.29, 1.82) is 0 Å². The third-order valence-corrected chi connectivity index (χ3v) is 10.5. The van der Waals surface area contributed by atoms with Gasteiger partial charge in [-0.15, -0.1) is 0 Å². The smallest absolute Gasteiger partial charge is 0.250 e. The predicted octanol–water partition coefficient (Wildman–Crippen LogP) is 6.37. The number of amides is 2. The van der Waals surface area contributed by atoms with Gasteiger partial charge in [-0.2, -0.15) is 0 Å². The minimum Gasteiger partial charge on any atom is -0.382 e. The van der Waals surface area contributed by atoms with E-state index in [0.29, 0.717) is 36.2 Å². The third kappa shape index (κ3) is 6.64. The monoisotopic (exact) mass is 617 g/mol. The van der Waals surface area contributed by atoms with Crippen molar-refractivity contribution < 1.29 is 18.8 Å². The number of nitrogens with two attached hydrogens (primary N) is 1. The summed E-state index contributed by atoms with van der Waals surface area (Å²) in [6.07, 6.45) is 6.00. The number of nitrogens with zero attached hydrogens (tertiary/aromatic N) is 2. The highest BCUT2D eigenvalue weighted by Crippen LogP contribution is 2.46. The molecule has 0 saturated heterocycles. The number of nitrogens with one attached hydrogen (secondary N) is 2. The summed E-state index contributed by atoms with van der Waals surface area (Å²) in [7, 11) is 0. The predicted molar refractivity (Wildman–Crippen MR) is 178 cm³/mol. The Bertz CT molecular complexity index is 1560. The van der Waals surface area contributed by atoms with E-state index in [-0.39, 0.29) is 35.0 Å². The number of hydrogen-bond acceptors (Lipinski definition) is 5. The first-order chi connectivity index (χ1) is 21.6. The molecule has 2 aromatic carbocycles. The van der Waals surface area contributed by atoms with Crippen molar-refractivity contribution in [3.05, 3.63) is 53.5 Å². The summed E-state index contributed by atoms with van der Waals surface area (Å²) in [6, 6.07) is 10.3. The van der Waals surface area contributed by atoms with E-state index in [1.54, 1.807) is 16.7 Å². The van der Waals surface area contributed by atoms with Gasteiger partial charge in [0.2, 0.25) is 11.8 Å². The maximum absolute atomic E-state index is 14.5. The number of anilines is 1. The van der Waals surface area contributed by atoms with Crippen LogP contribution in [0.25, 0.3) is 22.0 Å². The number of likely N-dealkylation sites (N-methyl/N-ethyl adjacent to an activating group) is 1. The number of rotatable bonds is 12. The summed E-state index contributed by atoms with van der Waals surface area (Å²) < 4.78 is 16.2. The van der Waals surface area contributed by atoms with Crippen molar-refractivity contribution in [1.82, 2.24) is 14.8 Å². The van der Waals surface area contributed by atoms with Crippen LogP contribution in [0.15, 0.2) is 36.4 Å². The van der Waals surface area contributed by atoms with Gasteiger partial charge in [-0.25, -0.2) is 4.39 Å². The van der Waals surface area contributed by atoms with Gasteiger partial charge >= 0.3 is 0 Å². The van der Waals surface area contributed by atoms with Gasteiger partial charge in [0.25, 0.3) is 5.91 Å². The van der Waals surface area contributed by atoms with Crippen LogP contribution in [-0.2, 0) is 11.2 Å². The summed E-state index contributed by atoms with van der Waals surface area (Å²) in [6.45, 7) is 11.9. The molecule has 1 fully saturated rings. The molecule has 1 aliphatic carbocycles. The molecule has 2 heterocycles. The molecule has 0 atom stereocenters. The normalized spacial score (nSPS) is 19.5. The minimum absolute atomic E-state index is 0.0113. The van der Waals surface area contributed by atoms with Crippen molar-refractivity contribution in [2.45, 2.75) is 85.1 Å². The summed E-state index contributed by atoms with van der Waals surface area (Å²) >= 11 is 0. The molecule has 45 heavy (non-hydrogen) atoms. The van der Waals surface area contributed by atoms with Crippen LogP contribution in [0.2, 0.25) is 0 Å². The molecule has 4 N–H and O–H groups in total. The SMILES string of the molecule is CCN(CC)CCNC(=O)C1CCC(Nc2cc(-c3c4n(c5cc(F)ccc35)C(=O)CC(CC)(CC)C4)ccc2C(N)=O)CC1. The Morgan fingerprint density at radius 3 is 2.36 bits per heavy atom. The molecular formula is C36H48FN5O3. The Hall–Kier alpha value is -3.72. The van der Waals surface area contributed by atoms with Gasteiger partial charge in [-0.05, 0) is 99.3 Å². The molecule has 0 spiro atoms. The highest BCUT2D eigenvalue weighted by molar-refractivity contribution is 6.06. The Morgan fingerprint density at radius 2 is 1.71 bits per heavy atom. The molecular weight excluding hydrogens is 569 g/mol. The fourth-order valence-electron chi connectivity index (χ4n) is 7.43. The lowest BCUT2D eigenvalue weighted by Gasteiger charge is -2.36. The van der Waals surface area contributed by atoms with E-state index >= 15 is 0 Å². The number of halogens is 1. The topological polar surface area (TPSA) is 109 Å². The van der Waals surface area contributed by atoms with Gasteiger partial charge in [0.1, 0.15) is 5.82 Å². The largest absolute Gasteiger partial charge is 0.382 e. The van der Waals surface area contributed by atoms with Crippen LogP contribution in [0.1, 0.15) is 93.5 Å². The highest BCUT2D eigenvalue weighted by Gasteiger charge is 2.39. The van der Waals surface area contributed by atoms with Crippen molar-refractivity contribution in [3.8, 4) is 11.1 Å². The van der Waals surface area contributed by atoms with Gasteiger partial charge in [0.15, 0.2) is 0 Å². The van der Waals surface area contributed by atoms with Gasteiger partial charge < -0.3 is 21.3 Å². The summed E-state index contributed by atoms with van der Waals surface area (Å²) in [4.78, 5) is 41.2. The summed E-state index contributed by atoms with van der Waals surface area (Å²) in [5.74, 6) is -0.821. The molecule has 1 aliphatic heterocycles. The molecule has 2 aliphatic rings. The van der Waals surface area contributed by atoms with Gasteiger partial charge in [0, 0.05) is 53.8 Å². The average Bonchev–Trinajstić information content (AvgIpc) is 3.36. The average molecular weight is 618 g/mol. The van der Waals surface area contributed by atoms with E-state index in [2.05, 4.69) is 43.2 Å². The number of aromatic nitrogens is 1. The molecule has 2 amide bonds. The number of benzene rings is 2. The molecule has 3 aromatic rings. The zero-order valence-corrected chi connectivity index (χ0v) is 27.2. The molecule has 8 nitrogen and oxygen atoms in total. The third-order valence-electron chi connectivity index (χ3n) is 10.5. The summed E-state index contributed by atoms with van der Waals surface area (Å²) in [5, 5.41) is 7.50. The lowest BCUT2D eigenvalue weighted by molar-refractivity contribution is -0.126. The molecule has 1 saturated carbocycles. The zero-order chi connectivity index (χ0) is 32.3. The Balaban J connectivity index is 1.41. The second kappa shape index (κ2) is 13.7. The Labute approximate surface area is 265 Å². The first kappa shape index (κ1) is 32.7. The number of primary amides is 1. The standard InChI is InChI=1S/C36H48FN5O3/c1-5-36(6-2)21-31-33(28-16-12-25(37)20-30(28)42(31)32(43)22-36)24-11-15-27(34(38)44)29(19-24)40-26-13-9-23(10-14-26)35(45)39-17-18-41(7-3)8-4/h11-12,15-16,19-20,23,26,40H,5-10,13-14,17-18,21-22H2,1-4H3,(H2,38,44)(H,39,45). The van der Waals surface area contributed by atoms with Crippen molar-refractivity contribution in [3.63, 3.8) is 0 Å². The van der Waals surface area contributed by atoms with Crippen LogP contribution < -0.4 is 16.4 Å². The van der Waals surface area contributed by atoms with E-state index in [0.717, 1.165) is 80.4 Å². The van der Waals surface area contributed by atoms with Crippen LogP contribution in [0.3, 0.4) is 0 Å². The lowest BCUT2D eigenvalue weighted by Crippen LogP contribution is -2.39. The second-order valence-corrected chi connectivity index (χ2v) is 12.9. The number of hydrogen-bond donors (Lipinski definition) is 3. The fourth-order valence-corrected chi connectivity index (χ4v) is 7.43. The summed E-state index contributed by atoms with van der Waals surface area (Å²) in [5.41, 5.74) is 9.92. The van der Waals surface area contributed by atoms with Crippen molar-refractivity contribution in [2.75, 3.05) is 31.5 Å². The number of carbonyl (C=O) groups is 3. The van der Waals surface area contributed by atoms with Crippen LogP contribution in [-0.4, -0.2) is 59.4 Å². The Kier molecular flexibility index (Phi) is 9.97. The highest BCUT2D eigenvalue weighted by atomic mass is 19.1. The lowest BCUT2D eigenvalue weighted by atomic mass is 9.72. The van der Waals surface area contributed by atoms with Gasteiger partial charge in [-0.1, -0.05) is 33.8 Å². The van der Waals surface area contributed by atoms with E-state index in [4.69, 9.17) is 5.73 Å². The first-order valence-corrected chi connectivity index (χ1v) is 16.7. The number of carbonyl (C=O) groups excluding carboxylic acids is 3. The second-order valence-electron chi connectivity index (χ2n) is 12.9. The quantitative estimate of drug-likeness (QED) is 0.219. The fraction of sp³-hybridized carbons (Fsp3) is 0.528. The maximum atomic E-state index is 14.5. The molecule has 9 heteroatoms. The molecule has 5 rings (SSSR count). The van der Waals surface area contributed by atoms with Crippen molar-refractivity contribution in [2.24, 2.45) is 17.1 Å². The number of fused-ring (bicyclic) bond motifs is 3. The van der Waals surface area contributed by atoms with E-state index < -0.39 is 5.91 Å². The minimum atomic E-state index is -0.526. The van der Waals surface area contributed by atoms with Gasteiger partial charge in [-0.3, -0.25) is 19.0 Å². The molecule has 0 bridgehead atoms. The molecule has 0 unspecified atom stereocenters. The first-order valence-electron chi connectivity index (χ1n) is 16.7. The zero-order valence-electron chi connectivity index (χ0n) is 27.2. The van der Waals surface area contributed by atoms with Crippen LogP contribution in [0, 0.1) is 17.2 Å². The van der Waals surface area contributed by atoms with Gasteiger partial charge in [0.05, 0.1) is 11.1 Å². The molecule has 0 radical (unpaired) electrons. The molecule has 242 valence electrons. The van der Waals surface area contributed by atoms with Crippen LogP contribution in [0.4, 0.5) is 10.1 Å². The van der Waals surface area contributed by atoms with Crippen LogP contribution in [0.5, 0.6) is 0 Å². The molecule has 1 aromatic heterocycles. The van der Waals surface area contributed by atoms with E-state index in [1.807, 2.05) is 12.1 Å². The van der Waals surface area contributed by atoms with Crippen LogP contribution >= 0.6 is 0 Å². The Morgan fingerprint density at radius 1 is 1.00 bits per heavy atom. The van der Waals surface area contributed by atoms with E-state index in [9.17, 15) is 18.8 Å². The van der Waals surface area contributed by atoms with Crippen molar-refractivity contribution >= 4 is 34.3 Å². The maximum Gasteiger partial charge on any atom is 0.250 e. The van der Waals surface area contributed by atoms with E-state index in [1.165, 1.54) is 12.1 Å².